The summed E-state index contributed by atoms with van der Waals surface area (Å²) in [5.41, 5.74) is 0.519. The molecule has 0 saturated carbocycles. The third-order valence-electron chi connectivity index (χ3n) is 2.98. The maximum absolute atomic E-state index is 12.1. The van der Waals surface area contributed by atoms with Gasteiger partial charge in [-0.25, -0.2) is 0 Å². The molecule has 0 unspecified atom stereocenters. The second-order valence-electron chi connectivity index (χ2n) is 5.00. The zero-order chi connectivity index (χ0) is 17.0. The Labute approximate surface area is 137 Å². The Morgan fingerprint density at radius 2 is 1.78 bits per heavy atom. The first-order valence-electron chi connectivity index (χ1n) is 6.60. The van der Waals surface area contributed by atoms with E-state index < -0.39 is 15.0 Å². The van der Waals surface area contributed by atoms with Crippen molar-refractivity contribution in [3.8, 4) is 5.75 Å². The van der Waals surface area contributed by atoms with Crippen LogP contribution >= 0.6 is 0 Å². The molecule has 0 amide bonds. The van der Waals surface area contributed by atoms with E-state index in [0.717, 1.165) is 4.90 Å². The van der Waals surface area contributed by atoms with E-state index in [1.165, 1.54) is 24.3 Å². The smallest absolute Gasteiger partial charge is 0.313 e. The number of nitro benzene ring substituents is 1. The molecule has 0 aliphatic rings. The standard InChI is InChI=1S/C15H16NO5S2/c1-22(2)15-5-3-4-12(10-15)11-23(19,20)21-14-8-6-13(7-9-14)16(17)18/h3-10H,11H2,1-2H3/q+1. The molecule has 0 atom stereocenters. The fraction of sp³-hybridized carbons (Fsp3) is 0.200. The second-order valence-corrected chi connectivity index (χ2v) is 8.68. The molecule has 122 valence electrons. The van der Waals surface area contributed by atoms with Crippen molar-refractivity contribution >= 4 is 26.7 Å². The number of hydrogen-bond donors (Lipinski definition) is 0. The van der Waals surface area contributed by atoms with Gasteiger partial charge in [-0.1, -0.05) is 12.1 Å². The van der Waals surface area contributed by atoms with E-state index in [4.69, 9.17) is 4.18 Å². The van der Waals surface area contributed by atoms with E-state index in [2.05, 4.69) is 12.5 Å². The highest BCUT2D eigenvalue weighted by atomic mass is 32.2. The maximum Gasteiger partial charge on any atom is 0.313 e. The third-order valence-corrected chi connectivity index (χ3v) is 5.31. The van der Waals surface area contributed by atoms with Crippen LogP contribution < -0.4 is 4.18 Å². The van der Waals surface area contributed by atoms with Crippen molar-refractivity contribution in [1.82, 2.24) is 0 Å². The summed E-state index contributed by atoms with van der Waals surface area (Å²) in [6.07, 6.45) is 4.11. The Balaban J connectivity index is 2.13. The number of non-ortho nitro benzene ring substituents is 1. The van der Waals surface area contributed by atoms with Gasteiger partial charge in [0.05, 0.1) is 4.92 Å². The molecule has 8 heteroatoms. The van der Waals surface area contributed by atoms with Gasteiger partial charge >= 0.3 is 10.1 Å². The highest BCUT2D eigenvalue weighted by Gasteiger charge is 2.17. The average Bonchev–Trinajstić information content (AvgIpc) is 2.47. The van der Waals surface area contributed by atoms with Gasteiger partial charge in [0.2, 0.25) is 0 Å². The minimum absolute atomic E-state index is 0.0378. The monoisotopic (exact) mass is 354 g/mol. The summed E-state index contributed by atoms with van der Waals surface area (Å²) in [5, 5.41) is 10.6. The quantitative estimate of drug-likeness (QED) is 0.344. The van der Waals surface area contributed by atoms with E-state index >= 15 is 0 Å². The van der Waals surface area contributed by atoms with Crippen molar-refractivity contribution in [1.29, 1.82) is 0 Å². The number of hydrogen-bond acceptors (Lipinski definition) is 5. The Bertz CT molecular complexity index is 801. The van der Waals surface area contributed by atoms with Gasteiger partial charge in [-0.05, 0) is 29.8 Å². The molecule has 0 saturated heterocycles. The summed E-state index contributed by atoms with van der Waals surface area (Å²) >= 11 is 0. The van der Waals surface area contributed by atoms with Gasteiger partial charge in [0.1, 0.15) is 24.0 Å². The summed E-state index contributed by atoms with van der Waals surface area (Å²) in [4.78, 5) is 11.1. The predicted molar refractivity (Wildman–Crippen MR) is 90.3 cm³/mol. The lowest BCUT2D eigenvalue weighted by atomic mass is 10.2. The van der Waals surface area contributed by atoms with Gasteiger partial charge in [0, 0.05) is 23.0 Å². The number of nitro groups is 1. The van der Waals surface area contributed by atoms with Crippen molar-refractivity contribution < 1.29 is 17.5 Å². The van der Waals surface area contributed by atoms with Gasteiger partial charge in [-0.3, -0.25) is 10.1 Å². The molecule has 2 aromatic rings. The molecular formula is C15H16NO5S2+. The topological polar surface area (TPSA) is 86.5 Å². The molecular weight excluding hydrogens is 338 g/mol. The molecule has 2 rings (SSSR count). The highest BCUT2D eigenvalue weighted by Crippen LogP contribution is 2.21. The summed E-state index contributed by atoms with van der Waals surface area (Å²) in [6.45, 7) is 0. The first-order chi connectivity index (χ1) is 10.8. The number of nitrogens with zero attached hydrogens (tertiary/aromatic N) is 1. The van der Waals surface area contributed by atoms with Crippen LogP contribution in [-0.4, -0.2) is 25.9 Å². The van der Waals surface area contributed by atoms with E-state index in [9.17, 15) is 18.5 Å². The van der Waals surface area contributed by atoms with E-state index in [-0.39, 0.29) is 28.1 Å². The minimum atomic E-state index is -3.83. The van der Waals surface area contributed by atoms with Crippen LogP contribution in [0.5, 0.6) is 5.75 Å². The maximum atomic E-state index is 12.1. The first-order valence-corrected chi connectivity index (χ1v) is 10.2. The van der Waals surface area contributed by atoms with Gasteiger partial charge < -0.3 is 4.18 Å². The van der Waals surface area contributed by atoms with Crippen LogP contribution in [0.2, 0.25) is 0 Å². The van der Waals surface area contributed by atoms with Gasteiger partial charge in [-0.15, -0.1) is 0 Å². The third kappa shape index (κ3) is 4.97. The van der Waals surface area contributed by atoms with Crippen LogP contribution in [-0.2, 0) is 26.8 Å². The minimum Gasteiger partial charge on any atom is -0.382 e. The molecule has 2 aromatic carbocycles. The summed E-state index contributed by atoms with van der Waals surface area (Å²) in [7, 11) is -3.79. The largest absolute Gasteiger partial charge is 0.382 e. The zero-order valence-corrected chi connectivity index (χ0v) is 14.3. The van der Waals surface area contributed by atoms with Crippen LogP contribution in [0.25, 0.3) is 0 Å². The van der Waals surface area contributed by atoms with Crippen LogP contribution in [0.1, 0.15) is 5.56 Å². The summed E-state index contributed by atoms with van der Waals surface area (Å²) in [5.74, 6) is -0.202. The molecule has 0 aromatic heterocycles. The molecule has 0 aliphatic carbocycles. The summed E-state index contributed by atoms with van der Waals surface area (Å²) in [6, 6.07) is 12.3. The van der Waals surface area contributed by atoms with Crippen molar-refractivity contribution in [3.63, 3.8) is 0 Å². The SMILES string of the molecule is C[S+](C)c1cccc(CS(=O)(=O)Oc2ccc([N+](=O)[O-])cc2)c1. The van der Waals surface area contributed by atoms with Crippen LogP contribution in [0, 0.1) is 10.1 Å². The number of benzene rings is 2. The molecule has 0 N–H and O–H groups in total. The fourth-order valence-electron chi connectivity index (χ4n) is 1.89. The van der Waals surface area contributed by atoms with Crippen molar-refractivity contribution in [2.24, 2.45) is 0 Å². The van der Waals surface area contributed by atoms with E-state index in [1.54, 1.807) is 6.07 Å². The Morgan fingerprint density at radius 3 is 2.35 bits per heavy atom. The highest BCUT2D eigenvalue weighted by molar-refractivity contribution is 7.95. The van der Waals surface area contributed by atoms with Crippen molar-refractivity contribution in [2.75, 3.05) is 12.5 Å². The Morgan fingerprint density at radius 1 is 1.13 bits per heavy atom. The lowest BCUT2D eigenvalue weighted by Gasteiger charge is -2.07. The molecule has 0 bridgehead atoms. The van der Waals surface area contributed by atoms with Crippen LogP contribution in [0.15, 0.2) is 53.4 Å². The van der Waals surface area contributed by atoms with Crippen molar-refractivity contribution in [2.45, 2.75) is 10.6 Å². The molecule has 0 aliphatic heterocycles. The molecule has 23 heavy (non-hydrogen) atoms. The Hall–Kier alpha value is -2.06. The van der Waals surface area contributed by atoms with Crippen LogP contribution in [0.3, 0.4) is 0 Å². The Kier molecular flexibility index (Phi) is 5.27. The van der Waals surface area contributed by atoms with Gasteiger partial charge in [0.15, 0.2) is 4.90 Å². The summed E-state index contributed by atoms with van der Waals surface area (Å²) < 4.78 is 29.2. The normalized spacial score (nSPS) is 11.4. The molecule has 0 radical (unpaired) electrons. The van der Waals surface area contributed by atoms with E-state index in [1.807, 2.05) is 18.2 Å². The van der Waals surface area contributed by atoms with Crippen LogP contribution in [0.4, 0.5) is 5.69 Å². The predicted octanol–water partition coefficient (Wildman–Crippen LogP) is 2.74. The molecule has 6 nitrogen and oxygen atoms in total. The van der Waals surface area contributed by atoms with Gasteiger partial charge in [0.25, 0.3) is 5.69 Å². The van der Waals surface area contributed by atoms with E-state index in [0.29, 0.717) is 5.56 Å². The second kappa shape index (κ2) is 7.01. The lowest BCUT2D eigenvalue weighted by Crippen LogP contribution is -2.12. The average molecular weight is 354 g/mol. The first kappa shape index (κ1) is 17.3. The van der Waals surface area contributed by atoms with Gasteiger partial charge in [-0.2, -0.15) is 8.42 Å². The zero-order valence-electron chi connectivity index (χ0n) is 12.6. The molecule has 0 fully saturated rings. The molecule has 0 heterocycles. The fourth-order valence-corrected chi connectivity index (χ4v) is 3.68. The number of rotatable bonds is 6. The lowest BCUT2D eigenvalue weighted by molar-refractivity contribution is -0.384. The molecule has 0 spiro atoms. The van der Waals surface area contributed by atoms with Crippen molar-refractivity contribution in [3.05, 3.63) is 64.2 Å².